The summed E-state index contributed by atoms with van der Waals surface area (Å²) >= 11 is 5.43. The van der Waals surface area contributed by atoms with Crippen LogP contribution in [-0.4, -0.2) is 34.0 Å². The number of rotatable bonds is 7. The lowest BCUT2D eigenvalue weighted by atomic mass is 10.1. The van der Waals surface area contributed by atoms with Gasteiger partial charge in [-0.1, -0.05) is 19.1 Å². The molecule has 27 heavy (non-hydrogen) atoms. The number of hydrogen-bond acceptors (Lipinski definition) is 5. The molecule has 0 saturated carbocycles. The van der Waals surface area contributed by atoms with E-state index in [9.17, 15) is 8.42 Å². The molecule has 0 aliphatic rings. The molecule has 0 bridgehead atoms. The first kappa shape index (κ1) is 21.0. The fourth-order valence-corrected chi connectivity index (χ4v) is 3.47. The van der Waals surface area contributed by atoms with Gasteiger partial charge in [-0.05, 0) is 48.5 Å². The molecule has 2 aromatic rings. The van der Waals surface area contributed by atoms with Gasteiger partial charge in [-0.15, -0.1) is 0 Å². The highest BCUT2D eigenvalue weighted by atomic mass is 32.2. The summed E-state index contributed by atoms with van der Waals surface area (Å²) in [4.78, 5) is 0.296. The molecular weight excluding hydrogens is 384 g/mol. The lowest BCUT2D eigenvalue weighted by Crippen LogP contribution is -2.32. The Morgan fingerprint density at radius 1 is 1.11 bits per heavy atom. The lowest BCUT2D eigenvalue weighted by molar-refractivity contribution is 0.395. The summed E-state index contributed by atoms with van der Waals surface area (Å²) in [6, 6.07) is 12.2. The average molecular weight is 409 g/mol. The van der Waals surface area contributed by atoms with Crippen LogP contribution in [0.25, 0.3) is 0 Å². The second-order valence-electron chi connectivity index (χ2n) is 5.97. The van der Waals surface area contributed by atoms with Crippen molar-refractivity contribution in [1.29, 1.82) is 0 Å². The van der Waals surface area contributed by atoms with E-state index in [0.29, 0.717) is 21.5 Å². The van der Waals surface area contributed by atoms with Gasteiger partial charge in [0.25, 0.3) is 0 Å². The van der Waals surface area contributed by atoms with Crippen molar-refractivity contribution in [2.45, 2.75) is 24.3 Å². The van der Waals surface area contributed by atoms with Gasteiger partial charge in [-0.25, -0.2) is 8.42 Å². The predicted molar refractivity (Wildman–Crippen MR) is 111 cm³/mol. The van der Waals surface area contributed by atoms with Crippen molar-refractivity contribution in [3.63, 3.8) is 0 Å². The highest BCUT2D eigenvalue weighted by molar-refractivity contribution is 7.90. The van der Waals surface area contributed by atoms with Gasteiger partial charge in [0.15, 0.2) is 14.9 Å². The van der Waals surface area contributed by atoms with E-state index in [1.165, 1.54) is 6.26 Å². The van der Waals surface area contributed by atoms with E-state index in [1.807, 2.05) is 19.1 Å². The van der Waals surface area contributed by atoms with Crippen LogP contribution >= 0.6 is 12.2 Å². The monoisotopic (exact) mass is 408 g/mol. The molecular formula is C19H24N2O4S2. The quantitative estimate of drug-likeness (QED) is 0.679. The van der Waals surface area contributed by atoms with Crippen LogP contribution in [0.5, 0.6) is 11.5 Å². The van der Waals surface area contributed by atoms with Gasteiger partial charge in [0.05, 0.1) is 30.8 Å². The number of hydrogen-bond donors (Lipinski definition) is 2. The molecule has 0 spiro atoms. The zero-order valence-electron chi connectivity index (χ0n) is 15.8. The third kappa shape index (κ3) is 5.58. The molecule has 0 heterocycles. The molecule has 2 N–H and O–H groups in total. The third-order valence-corrected chi connectivity index (χ3v) is 5.43. The van der Waals surface area contributed by atoms with E-state index >= 15 is 0 Å². The van der Waals surface area contributed by atoms with Gasteiger partial charge < -0.3 is 20.1 Å². The van der Waals surface area contributed by atoms with E-state index < -0.39 is 9.84 Å². The minimum Gasteiger partial charge on any atom is -0.497 e. The molecule has 6 nitrogen and oxygen atoms in total. The Hall–Kier alpha value is -2.32. The molecule has 0 amide bonds. The van der Waals surface area contributed by atoms with E-state index in [0.717, 1.165) is 17.7 Å². The predicted octanol–water partition coefficient (Wildman–Crippen LogP) is 3.55. The maximum atomic E-state index is 11.6. The molecule has 0 radical (unpaired) electrons. The van der Waals surface area contributed by atoms with Crippen LogP contribution in [0.15, 0.2) is 47.4 Å². The SMILES string of the molecule is CC[C@H](NC(=S)Nc1ccc(OC)cc1OC)c1ccc(S(C)(=O)=O)cc1. The van der Waals surface area contributed by atoms with Gasteiger partial charge in [-0.3, -0.25) is 0 Å². The number of nitrogens with one attached hydrogen (secondary N) is 2. The van der Waals surface area contributed by atoms with Crippen LogP contribution in [0.3, 0.4) is 0 Å². The standard InChI is InChI=1S/C19H24N2O4S2/c1-5-16(13-6-9-15(10-7-13)27(4,22)23)20-19(26)21-17-11-8-14(24-2)12-18(17)25-3/h6-12,16H,5H2,1-4H3,(H2,20,21,26)/t16-/m0/s1. The molecule has 0 unspecified atom stereocenters. The Bertz CT molecular complexity index is 896. The van der Waals surface area contributed by atoms with E-state index in [-0.39, 0.29) is 6.04 Å². The first-order valence-corrected chi connectivity index (χ1v) is 10.7. The Morgan fingerprint density at radius 2 is 1.78 bits per heavy atom. The molecule has 2 rings (SSSR count). The van der Waals surface area contributed by atoms with Crippen LogP contribution in [0.1, 0.15) is 24.9 Å². The first-order valence-electron chi connectivity index (χ1n) is 8.38. The molecule has 2 aromatic carbocycles. The van der Waals surface area contributed by atoms with Crippen LogP contribution in [0.4, 0.5) is 5.69 Å². The molecule has 0 saturated heterocycles. The molecule has 146 valence electrons. The summed E-state index contributed by atoms with van der Waals surface area (Å²) in [5, 5.41) is 6.82. The van der Waals surface area contributed by atoms with Crippen molar-refractivity contribution < 1.29 is 17.9 Å². The number of sulfone groups is 1. The Morgan fingerprint density at radius 3 is 2.30 bits per heavy atom. The number of methoxy groups -OCH3 is 2. The second kappa shape index (κ2) is 9.05. The highest BCUT2D eigenvalue weighted by Crippen LogP contribution is 2.29. The van der Waals surface area contributed by atoms with Gasteiger partial charge in [0.2, 0.25) is 0 Å². The minimum absolute atomic E-state index is 0.0529. The van der Waals surface area contributed by atoms with Crippen molar-refractivity contribution in [2.75, 3.05) is 25.8 Å². The largest absolute Gasteiger partial charge is 0.497 e. The van der Waals surface area contributed by atoms with Crippen LogP contribution in [-0.2, 0) is 9.84 Å². The average Bonchev–Trinajstić information content (AvgIpc) is 2.65. The first-order chi connectivity index (χ1) is 12.8. The number of anilines is 1. The zero-order chi connectivity index (χ0) is 20.0. The smallest absolute Gasteiger partial charge is 0.175 e. The fourth-order valence-electron chi connectivity index (χ4n) is 2.59. The molecule has 0 aliphatic carbocycles. The summed E-state index contributed by atoms with van der Waals surface area (Å²) in [6.07, 6.45) is 1.97. The van der Waals surface area contributed by atoms with Gasteiger partial charge in [-0.2, -0.15) is 0 Å². The Kier molecular flexibility index (Phi) is 7.04. The summed E-state index contributed by atoms with van der Waals surface area (Å²) in [5.74, 6) is 1.30. The lowest BCUT2D eigenvalue weighted by Gasteiger charge is -2.21. The maximum Gasteiger partial charge on any atom is 0.175 e. The van der Waals surface area contributed by atoms with Gasteiger partial charge in [0.1, 0.15) is 11.5 Å². The summed E-state index contributed by atoms with van der Waals surface area (Å²) in [5.41, 5.74) is 1.67. The topological polar surface area (TPSA) is 76.7 Å². The zero-order valence-corrected chi connectivity index (χ0v) is 17.4. The molecule has 0 aromatic heterocycles. The highest BCUT2D eigenvalue weighted by Gasteiger charge is 2.14. The van der Waals surface area contributed by atoms with E-state index in [1.54, 1.807) is 44.6 Å². The van der Waals surface area contributed by atoms with Gasteiger partial charge in [0, 0.05) is 12.3 Å². The maximum absolute atomic E-state index is 11.6. The van der Waals surface area contributed by atoms with Gasteiger partial charge >= 0.3 is 0 Å². The fraction of sp³-hybridized carbons (Fsp3) is 0.316. The minimum atomic E-state index is -3.21. The molecule has 8 heteroatoms. The normalized spacial score (nSPS) is 12.1. The summed E-state index contributed by atoms with van der Waals surface area (Å²) < 4.78 is 33.8. The number of ether oxygens (including phenoxy) is 2. The summed E-state index contributed by atoms with van der Waals surface area (Å²) in [7, 11) is -0.0417. The molecule has 0 fully saturated rings. The van der Waals surface area contributed by atoms with Crippen molar-refractivity contribution in [3.8, 4) is 11.5 Å². The molecule has 1 atom stereocenters. The Labute approximate surface area is 165 Å². The third-order valence-electron chi connectivity index (χ3n) is 4.08. The van der Waals surface area contributed by atoms with E-state index in [2.05, 4.69) is 10.6 Å². The van der Waals surface area contributed by atoms with Crippen molar-refractivity contribution in [3.05, 3.63) is 48.0 Å². The van der Waals surface area contributed by atoms with E-state index in [4.69, 9.17) is 21.7 Å². The van der Waals surface area contributed by atoms with Crippen molar-refractivity contribution in [2.24, 2.45) is 0 Å². The van der Waals surface area contributed by atoms with Crippen molar-refractivity contribution >= 4 is 32.9 Å². The second-order valence-corrected chi connectivity index (χ2v) is 8.39. The molecule has 0 aliphatic heterocycles. The number of thiocarbonyl (C=S) groups is 1. The van der Waals surface area contributed by atoms with Crippen LogP contribution in [0.2, 0.25) is 0 Å². The number of benzene rings is 2. The van der Waals surface area contributed by atoms with Crippen LogP contribution in [0, 0.1) is 0 Å². The van der Waals surface area contributed by atoms with Crippen LogP contribution < -0.4 is 20.1 Å². The summed E-state index contributed by atoms with van der Waals surface area (Å²) in [6.45, 7) is 2.03. The van der Waals surface area contributed by atoms with Crippen molar-refractivity contribution in [1.82, 2.24) is 5.32 Å². The Balaban J connectivity index is 2.11.